The van der Waals surface area contributed by atoms with Crippen LogP contribution in [0.2, 0.25) is 5.02 Å². The van der Waals surface area contributed by atoms with E-state index >= 15 is 0 Å². The molecule has 2 unspecified atom stereocenters. The van der Waals surface area contributed by atoms with E-state index in [-0.39, 0.29) is 21.9 Å². The number of hydrogen-bond acceptors (Lipinski definition) is 3. The number of halogens is 2. The molecule has 1 aliphatic carbocycles. The number of nitrogens with zero attached hydrogens (tertiary/aromatic N) is 1. The van der Waals surface area contributed by atoms with Crippen molar-refractivity contribution in [1.82, 2.24) is 4.31 Å². The third-order valence-corrected chi connectivity index (χ3v) is 6.40. The fraction of sp³-hybridized carbons (Fsp3) is 0.571. The van der Waals surface area contributed by atoms with Gasteiger partial charge in [0.25, 0.3) is 0 Å². The van der Waals surface area contributed by atoms with Crippen LogP contribution in [0.5, 0.6) is 0 Å². The van der Waals surface area contributed by atoms with E-state index < -0.39 is 15.8 Å². The van der Waals surface area contributed by atoms with Crippen molar-refractivity contribution in [2.24, 2.45) is 11.7 Å². The zero-order chi connectivity index (χ0) is 15.6. The Balaban J connectivity index is 2.36. The largest absolute Gasteiger partial charge is 0.330 e. The Kier molecular flexibility index (Phi) is 5.24. The summed E-state index contributed by atoms with van der Waals surface area (Å²) in [5.41, 5.74) is 5.75. The van der Waals surface area contributed by atoms with Gasteiger partial charge in [-0.3, -0.25) is 0 Å². The van der Waals surface area contributed by atoms with Crippen molar-refractivity contribution in [1.29, 1.82) is 0 Å². The molecule has 118 valence electrons. The highest BCUT2D eigenvalue weighted by molar-refractivity contribution is 7.89. The smallest absolute Gasteiger partial charge is 0.246 e. The maximum absolute atomic E-state index is 14.0. The lowest BCUT2D eigenvalue weighted by Gasteiger charge is -2.36. The van der Waals surface area contributed by atoms with Gasteiger partial charge in [-0.15, -0.1) is 0 Å². The van der Waals surface area contributed by atoms with Gasteiger partial charge >= 0.3 is 0 Å². The summed E-state index contributed by atoms with van der Waals surface area (Å²) in [6, 6.07) is 3.83. The molecule has 0 bridgehead atoms. The zero-order valence-corrected chi connectivity index (χ0v) is 13.5. The Bertz CT molecular complexity index is 609. The summed E-state index contributed by atoms with van der Waals surface area (Å²) in [6.07, 6.45) is 3.66. The van der Waals surface area contributed by atoms with Gasteiger partial charge in [-0.1, -0.05) is 30.5 Å². The van der Waals surface area contributed by atoms with E-state index in [1.165, 1.54) is 29.6 Å². The minimum atomic E-state index is -3.92. The van der Waals surface area contributed by atoms with Crippen LogP contribution in [0.3, 0.4) is 0 Å². The van der Waals surface area contributed by atoms with Crippen molar-refractivity contribution < 1.29 is 12.8 Å². The molecule has 1 saturated carbocycles. The van der Waals surface area contributed by atoms with Crippen molar-refractivity contribution >= 4 is 21.6 Å². The molecule has 0 amide bonds. The highest BCUT2D eigenvalue weighted by Gasteiger charge is 2.35. The van der Waals surface area contributed by atoms with Crippen LogP contribution in [0.4, 0.5) is 4.39 Å². The lowest BCUT2D eigenvalue weighted by molar-refractivity contribution is 0.204. The van der Waals surface area contributed by atoms with E-state index in [0.29, 0.717) is 6.54 Å². The first-order valence-electron chi connectivity index (χ1n) is 7.01. The van der Waals surface area contributed by atoms with E-state index in [9.17, 15) is 12.8 Å². The molecule has 1 aromatic rings. The van der Waals surface area contributed by atoms with Crippen molar-refractivity contribution in [3.63, 3.8) is 0 Å². The van der Waals surface area contributed by atoms with Gasteiger partial charge in [-0.2, -0.15) is 4.31 Å². The van der Waals surface area contributed by atoms with Gasteiger partial charge < -0.3 is 5.73 Å². The molecule has 2 rings (SSSR count). The van der Waals surface area contributed by atoms with E-state index in [4.69, 9.17) is 17.3 Å². The van der Waals surface area contributed by atoms with Gasteiger partial charge in [0.05, 0.1) is 5.02 Å². The second-order valence-electron chi connectivity index (χ2n) is 5.42. The number of hydrogen-bond donors (Lipinski definition) is 1. The van der Waals surface area contributed by atoms with Crippen LogP contribution >= 0.6 is 11.6 Å². The number of rotatable bonds is 4. The Hall–Kier alpha value is -0.690. The van der Waals surface area contributed by atoms with E-state index in [0.717, 1.165) is 25.7 Å². The maximum atomic E-state index is 14.0. The Morgan fingerprint density at radius 3 is 2.71 bits per heavy atom. The van der Waals surface area contributed by atoms with Gasteiger partial charge in [-0.05, 0) is 37.4 Å². The predicted octanol–water partition coefficient (Wildman–Crippen LogP) is 2.62. The summed E-state index contributed by atoms with van der Waals surface area (Å²) in [6.45, 7) is 0.433. The highest BCUT2D eigenvalue weighted by atomic mass is 35.5. The van der Waals surface area contributed by atoms with Gasteiger partial charge in [-0.25, -0.2) is 12.8 Å². The molecule has 1 fully saturated rings. The van der Waals surface area contributed by atoms with Gasteiger partial charge in [0.1, 0.15) is 4.90 Å². The van der Waals surface area contributed by atoms with Gasteiger partial charge in [0, 0.05) is 13.1 Å². The molecule has 7 heteroatoms. The fourth-order valence-electron chi connectivity index (χ4n) is 2.96. The molecular weight excluding hydrogens is 315 g/mol. The van der Waals surface area contributed by atoms with Crippen LogP contribution in [-0.4, -0.2) is 32.4 Å². The second kappa shape index (κ2) is 6.60. The molecule has 0 aromatic heterocycles. The first kappa shape index (κ1) is 16.7. The molecule has 4 nitrogen and oxygen atoms in total. The summed E-state index contributed by atoms with van der Waals surface area (Å²) < 4.78 is 40.6. The molecule has 2 N–H and O–H groups in total. The third kappa shape index (κ3) is 3.23. The normalized spacial score (nSPS) is 23.5. The summed E-state index contributed by atoms with van der Waals surface area (Å²) >= 11 is 5.69. The van der Waals surface area contributed by atoms with Gasteiger partial charge in [0.2, 0.25) is 10.0 Å². The topological polar surface area (TPSA) is 63.4 Å². The molecule has 0 saturated heterocycles. The maximum Gasteiger partial charge on any atom is 0.246 e. The van der Waals surface area contributed by atoms with Crippen LogP contribution in [0.15, 0.2) is 23.1 Å². The molecule has 21 heavy (non-hydrogen) atoms. The lowest BCUT2D eigenvalue weighted by atomic mass is 9.85. The summed E-state index contributed by atoms with van der Waals surface area (Å²) in [5.74, 6) is -0.785. The molecule has 0 radical (unpaired) electrons. The average molecular weight is 335 g/mol. The minimum absolute atomic E-state index is 0.112. The molecule has 0 aliphatic heterocycles. The first-order chi connectivity index (χ1) is 9.89. The van der Waals surface area contributed by atoms with Crippen molar-refractivity contribution in [2.45, 2.75) is 36.6 Å². The predicted molar refractivity (Wildman–Crippen MR) is 81.2 cm³/mol. The first-order valence-corrected chi connectivity index (χ1v) is 8.83. The van der Waals surface area contributed by atoms with Crippen molar-refractivity contribution in [3.8, 4) is 0 Å². The SMILES string of the molecule is CN(C1CCCCC1CN)S(=O)(=O)c1cccc(Cl)c1F. The van der Waals surface area contributed by atoms with Crippen LogP contribution < -0.4 is 5.73 Å². The average Bonchev–Trinajstić information content (AvgIpc) is 2.49. The van der Waals surface area contributed by atoms with Gasteiger partial charge in [0.15, 0.2) is 5.82 Å². The Morgan fingerprint density at radius 1 is 1.38 bits per heavy atom. The van der Waals surface area contributed by atoms with E-state index in [1.807, 2.05) is 0 Å². The standard InChI is InChI=1S/C14H20ClFN2O2S/c1-18(12-7-3-2-5-10(12)9-17)21(19,20)13-8-4-6-11(15)14(13)16/h4,6,8,10,12H,2-3,5,7,9,17H2,1H3. The van der Waals surface area contributed by atoms with Crippen LogP contribution in [0.1, 0.15) is 25.7 Å². The molecule has 1 aliphatic rings. The van der Waals surface area contributed by atoms with E-state index in [1.54, 1.807) is 0 Å². The van der Waals surface area contributed by atoms with E-state index in [2.05, 4.69) is 0 Å². The quantitative estimate of drug-likeness (QED) is 0.920. The molecule has 2 atom stereocenters. The molecule has 1 aromatic carbocycles. The third-order valence-electron chi connectivity index (χ3n) is 4.21. The number of nitrogens with two attached hydrogens (primary N) is 1. The number of sulfonamides is 1. The van der Waals surface area contributed by atoms with Crippen LogP contribution in [0, 0.1) is 11.7 Å². The Labute approximate surface area is 130 Å². The zero-order valence-electron chi connectivity index (χ0n) is 11.9. The fourth-order valence-corrected chi connectivity index (χ4v) is 4.72. The molecule has 0 heterocycles. The Morgan fingerprint density at radius 2 is 2.05 bits per heavy atom. The molecule has 0 spiro atoms. The molecular formula is C14H20ClFN2O2S. The number of benzene rings is 1. The summed E-state index contributed by atoms with van der Waals surface area (Å²) in [4.78, 5) is -0.376. The summed E-state index contributed by atoms with van der Waals surface area (Å²) in [7, 11) is -2.42. The minimum Gasteiger partial charge on any atom is -0.330 e. The van der Waals surface area contributed by atoms with Crippen LogP contribution in [-0.2, 0) is 10.0 Å². The highest BCUT2D eigenvalue weighted by Crippen LogP contribution is 2.32. The van der Waals surface area contributed by atoms with Crippen molar-refractivity contribution in [2.75, 3.05) is 13.6 Å². The summed E-state index contributed by atoms with van der Waals surface area (Å²) in [5, 5.41) is -0.191. The van der Waals surface area contributed by atoms with Crippen molar-refractivity contribution in [3.05, 3.63) is 29.0 Å². The monoisotopic (exact) mass is 334 g/mol. The van der Waals surface area contributed by atoms with Crippen LogP contribution in [0.25, 0.3) is 0 Å². The second-order valence-corrected chi connectivity index (χ2v) is 7.79. The lowest BCUT2D eigenvalue weighted by Crippen LogP contribution is -2.46.